The molecule has 0 saturated heterocycles. The minimum atomic E-state index is -0.498. The average molecular weight is 251 g/mol. The molecule has 0 aliphatic carbocycles. The number of nitrogens with zero attached hydrogens (tertiary/aromatic N) is 1. The minimum absolute atomic E-state index is 0.00570. The molecule has 0 aromatic carbocycles. The molecule has 1 aromatic heterocycles. The van der Waals surface area contributed by atoms with Crippen LogP contribution in [-0.4, -0.2) is 23.5 Å². The van der Waals surface area contributed by atoms with Crippen molar-refractivity contribution in [2.45, 2.75) is 26.2 Å². The maximum Gasteiger partial charge on any atom is 0.312 e. The third kappa shape index (κ3) is 2.77. The minimum Gasteiger partial charge on any atom is -0.475 e. The van der Waals surface area contributed by atoms with Gasteiger partial charge in [0.2, 0.25) is 5.75 Å². The summed E-state index contributed by atoms with van der Waals surface area (Å²) in [6.45, 7) is 2.38. The second kappa shape index (κ2) is 5.48. The molecule has 6 heteroatoms. The molecule has 18 heavy (non-hydrogen) atoms. The van der Waals surface area contributed by atoms with Gasteiger partial charge in [-0.05, 0) is 6.42 Å². The van der Waals surface area contributed by atoms with Gasteiger partial charge in [-0.15, -0.1) is 0 Å². The lowest BCUT2D eigenvalue weighted by molar-refractivity contribution is -0.142. The third-order valence-corrected chi connectivity index (χ3v) is 2.25. The summed E-state index contributed by atoms with van der Waals surface area (Å²) in [5, 5.41) is 0. The van der Waals surface area contributed by atoms with E-state index in [4.69, 9.17) is 14.2 Å². The van der Waals surface area contributed by atoms with Crippen molar-refractivity contribution < 1.29 is 23.8 Å². The summed E-state index contributed by atoms with van der Waals surface area (Å²) in [6.07, 6.45) is 2.22. The van der Waals surface area contributed by atoms with Crippen molar-refractivity contribution in [2.24, 2.45) is 0 Å². The fourth-order valence-corrected chi connectivity index (χ4v) is 1.43. The number of aromatic nitrogens is 1. The van der Waals surface area contributed by atoms with Crippen LogP contribution in [0.5, 0.6) is 17.4 Å². The van der Waals surface area contributed by atoms with Gasteiger partial charge in [-0.2, -0.15) is 0 Å². The number of hydrogen-bond donors (Lipinski definition) is 0. The molecule has 0 amide bonds. The van der Waals surface area contributed by atoms with E-state index in [1.54, 1.807) is 0 Å². The Bertz CT molecular complexity index is 472. The number of ether oxygens (including phenoxy) is 3. The largest absolute Gasteiger partial charge is 0.475 e. The predicted octanol–water partition coefficient (Wildman–Crippen LogP) is 1.47. The van der Waals surface area contributed by atoms with Crippen LogP contribution in [0.3, 0.4) is 0 Å². The summed E-state index contributed by atoms with van der Waals surface area (Å²) >= 11 is 0. The Morgan fingerprint density at radius 1 is 1.28 bits per heavy atom. The molecular weight excluding hydrogens is 238 g/mol. The van der Waals surface area contributed by atoms with Gasteiger partial charge in [-0.25, -0.2) is 4.98 Å². The van der Waals surface area contributed by atoms with Crippen molar-refractivity contribution in [3.05, 3.63) is 12.3 Å². The maximum absolute atomic E-state index is 11.5. The predicted molar refractivity (Wildman–Crippen MR) is 60.5 cm³/mol. The Morgan fingerprint density at radius 2 is 2.00 bits per heavy atom. The van der Waals surface area contributed by atoms with Gasteiger partial charge in [0.25, 0.3) is 5.88 Å². The second-order valence-corrected chi connectivity index (χ2v) is 3.74. The number of hydrogen-bond acceptors (Lipinski definition) is 6. The number of carbonyl (C=O) groups excluding carboxylic acids is 2. The average Bonchev–Trinajstić information content (AvgIpc) is 2.35. The van der Waals surface area contributed by atoms with Crippen molar-refractivity contribution in [3.63, 3.8) is 0 Å². The quantitative estimate of drug-likeness (QED) is 0.757. The van der Waals surface area contributed by atoms with Gasteiger partial charge < -0.3 is 14.2 Å². The van der Waals surface area contributed by atoms with Crippen molar-refractivity contribution in [1.29, 1.82) is 0 Å². The molecule has 0 N–H and O–H groups in total. The van der Waals surface area contributed by atoms with E-state index >= 15 is 0 Å². The van der Waals surface area contributed by atoms with E-state index in [1.807, 2.05) is 6.92 Å². The first kappa shape index (κ1) is 12.3. The number of esters is 2. The van der Waals surface area contributed by atoms with Crippen molar-refractivity contribution in [2.75, 3.05) is 6.61 Å². The molecule has 2 rings (SSSR count). The van der Waals surface area contributed by atoms with E-state index < -0.39 is 11.9 Å². The lowest BCUT2D eigenvalue weighted by Gasteiger charge is -2.15. The van der Waals surface area contributed by atoms with Gasteiger partial charge >= 0.3 is 11.9 Å². The van der Waals surface area contributed by atoms with E-state index in [9.17, 15) is 9.59 Å². The second-order valence-electron chi connectivity index (χ2n) is 3.74. The molecule has 0 spiro atoms. The monoisotopic (exact) mass is 251 g/mol. The first-order valence-corrected chi connectivity index (χ1v) is 5.74. The lowest BCUT2D eigenvalue weighted by Crippen LogP contribution is -2.19. The van der Waals surface area contributed by atoms with Crippen LogP contribution in [0.1, 0.15) is 26.2 Å². The topological polar surface area (TPSA) is 74.7 Å². The summed E-state index contributed by atoms with van der Waals surface area (Å²) in [7, 11) is 0. The summed E-state index contributed by atoms with van der Waals surface area (Å²) in [6, 6.07) is 1.46. The van der Waals surface area contributed by atoms with Crippen molar-refractivity contribution in [3.8, 4) is 17.4 Å². The van der Waals surface area contributed by atoms with E-state index in [0.29, 0.717) is 6.61 Å². The zero-order valence-corrected chi connectivity index (χ0v) is 9.97. The molecule has 0 bridgehead atoms. The van der Waals surface area contributed by atoms with Crippen LogP contribution in [0.4, 0.5) is 0 Å². The number of pyridine rings is 1. The van der Waals surface area contributed by atoms with Gasteiger partial charge in [-0.1, -0.05) is 6.92 Å². The fraction of sp³-hybridized carbons (Fsp3) is 0.417. The fourth-order valence-electron chi connectivity index (χ4n) is 1.43. The van der Waals surface area contributed by atoms with Crippen LogP contribution in [0.2, 0.25) is 0 Å². The standard InChI is InChI=1S/C12H13NO5/c1-2-7-16-12-11-8(5-6-13-12)17-9(14)3-4-10(15)18-11/h5-6H,2-4,7H2,1H3. The van der Waals surface area contributed by atoms with Gasteiger partial charge in [0.05, 0.1) is 19.4 Å². The first-order chi connectivity index (χ1) is 8.70. The van der Waals surface area contributed by atoms with Gasteiger partial charge in [0.15, 0.2) is 5.75 Å². The summed E-state index contributed by atoms with van der Waals surface area (Å²) in [5.74, 6) is -0.571. The number of carbonyl (C=O) groups is 2. The summed E-state index contributed by atoms with van der Waals surface area (Å²) in [4.78, 5) is 26.8. The van der Waals surface area contributed by atoms with E-state index in [0.717, 1.165) is 6.42 Å². The van der Waals surface area contributed by atoms with Gasteiger partial charge in [-0.3, -0.25) is 9.59 Å². The highest BCUT2D eigenvalue weighted by atomic mass is 16.6. The molecule has 0 saturated carbocycles. The Balaban J connectivity index is 2.34. The molecule has 96 valence electrons. The summed E-state index contributed by atoms with van der Waals surface area (Å²) in [5.41, 5.74) is 0. The smallest absolute Gasteiger partial charge is 0.312 e. The van der Waals surface area contributed by atoms with Crippen molar-refractivity contribution in [1.82, 2.24) is 4.98 Å². The number of fused-ring (bicyclic) bond motifs is 1. The Kier molecular flexibility index (Phi) is 3.76. The SMILES string of the molecule is CCCOc1nccc2c1OC(=O)CCC(=O)O2. The Hall–Kier alpha value is -2.11. The van der Waals surface area contributed by atoms with Gasteiger partial charge in [0.1, 0.15) is 0 Å². The van der Waals surface area contributed by atoms with Crippen molar-refractivity contribution >= 4 is 11.9 Å². The molecule has 0 unspecified atom stereocenters. The van der Waals surface area contributed by atoms with Crippen LogP contribution < -0.4 is 14.2 Å². The van der Waals surface area contributed by atoms with Crippen LogP contribution in [0.25, 0.3) is 0 Å². The molecular formula is C12H13NO5. The van der Waals surface area contributed by atoms with E-state index in [2.05, 4.69) is 4.98 Å². The Morgan fingerprint density at radius 3 is 2.72 bits per heavy atom. The zero-order chi connectivity index (χ0) is 13.0. The zero-order valence-electron chi connectivity index (χ0n) is 9.97. The lowest BCUT2D eigenvalue weighted by atomic mass is 10.3. The van der Waals surface area contributed by atoms with Crippen LogP contribution in [0.15, 0.2) is 12.3 Å². The molecule has 1 aliphatic rings. The maximum atomic E-state index is 11.5. The highest BCUT2D eigenvalue weighted by molar-refractivity contribution is 5.83. The van der Waals surface area contributed by atoms with E-state index in [1.165, 1.54) is 12.3 Å². The molecule has 0 radical (unpaired) electrons. The molecule has 1 aliphatic heterocycles. The highest BCUT2D eigenvalue weighted by Gasteiger charge is 2.23. The Labute approximate surface area is 104 Å². The molecule has 2 heterocycles. The normalized spacial score (nSPS) is 14.9. The van der Waals surface area contributed by atoms with Crippen LogP contribution in [-0.2, 0) is 9.59 Å². The third-order valence-electron chi connectivity index (χ3n) is 2.25. The van der Waals surface area contributed by atoms with Gasteiger partial charge in [0, 0.05) is 12.3 Å². The first-order valence-electron chi connectivity index (χ1n) is 5.74. The number of rotatable bonds is 3. The van der Waals surface area contributed by atoms with Crippen LogP contribution >= 0.6 is 0 Å². The van der Waals surface area contributed by atoms with E-state index in [-0.39, 0.29) is 30.2 Å². The molecule has 1 aromatic rings. The van der Waals surface area contributed by atoms with Crippen LogP contribution in [0, 0.1) is 0 Å². The highest BCUT2D eigenvalue weighted by Crippen LogP contribution is 2.36. The molecule has 6 nitrogen and oxygen atoms in total. The molecule has 0 atom stereocenters. The summed E-state index contributed by atoms with van der Waals surface area (Å²) < 4.78 is 15.5. The molecule has 0 fully saturated rings.